The maximum Gasteiger partial charge on any atom is 0.235 e. The van der Waals surface area contributed by atoms with Gasteiger partial charge in [0.1, 0.15) is 12.4 Å². The normalized spacial score (nSPS) is 9.90. The van der Waals surface area contributed by atoms with Crippen molar-refractivity contribution in [1.29, 1.82) is 0 Å². The van der Waals surface area contributed by atoms with Crippen LogP contribution in [0.5, 0.6) is 5.75 Å². The first-order chi connectivity index (χ1) is 9.70. The summed E-state index contributed by atoms with van der Waals surface area (Å²) in [6.45, 7) is 2.66. The molecule has 0 fully saturated rings. The fraction of sp³-hybridized carbons (Fsp3) is 0.188. The van der Waals surface area contributed by atoms with E-state index in [2.05, 4.69) is 4.99 Å². The first kappa shape index (κ1) is 14.3. The maximum atomic E-state index is 10.1. The molecule has 0 heterocycles. The third-order valence-corrected chi connectivity index (χ3v) is 3.12. The Morgan fingerprint density at radius 3 is 2.60 bits per heavy atom. The number of benzene rings is 2. The van der Waals surface area contributed by atoms with Gasteiger partial charge in [-0.1, -0.05) is 48.0 Å². The number of aliphatic imine (C=N–C) groups is 1. The fourth-order valence-corrected chi connectivity index (χ4v) is 2.27. The summed E-state index contributed by atoms with van der Waals surface area (Å²) in [5.74, 6) is 0.661. The number of isocyanates is 1. The van der Waals surface area contributed by atoms with Gasteiger partial charge in [-0.3, -0.25) is 0 Å². The van der Waals surface area contributed by atoms with Crippen LogP contribution in [-0.2, 0) is 17.9 Å². The number of ether oxygens (including phenoxy) is 1. The Bertz CT molecular complexity index is 611. The third-order valence-electron chi connectivity index (χ3n) is 2.84. The number of hydrogen-bond donors (Lipinski definition) is 0. The highest BCUT2D eigenvalue weighted by atomic mass is 35.5. The van der Waals surface area contributed by atoms with Crippen LogP contribution in [0.25, 0.3) is 0 Å². The Morgan fingerprint density at radius 1 is 1.20 bits per heavy atom. The van der Waals surface area contributed by atoms with Gasteiger partial charge < -0.3 is 4.74 Å². The zero-order valence-corrected chi connectivity index (χ0v) is 11.9. The van der Waals surface area contributed by atoms with Gasteiger partial charge in [-0.25, -0.2) is 9.79 Å². The molecule has 2 aromatic carbocycles. The van der Waals surface area contributed by atoms with Gasteiger partial charge in [0.05, 0.1) is 11.6 Å². The number of nitrogens with zero attached hydrogens (tertiary/aromatic N) is 1. The topological polar surface area (TPSA) is 38.7 Å². The summed E-state index contributed by atoms with van der Waals surface area (Å²) in [5, 5.41) is 0.525. The summed E-state index contributed by atoms with van der Waals surface area (Å²) in [5.41, 5.74) is 2.87. The van der Waals surface area contributed by atoms with E-state index in [0.29, 0.717) is 17.4 Å². The molecule has 0 saturated carbocycles. The average molecular weight is 288 g/mol. The molecule has 4 heteroatoms. The van der Waals surface area contributed by atoms with E-state index in [-0.39, 0.29) is 6.54 Å². The van der Waals surface area contributed by atoms with E-state index in [1.54, 1.807) is 6.07 Å². The molecule has 2 rings (SSSR count). The standard InChI is InChI=1S/C16H14ClNO2/c1-12-7-14(9-18-11-19)8-15(17)16(12)20-10-13-5-3-2-4-6-13/h2-8H,9-10H2,1H3. The number of hydrogen-bond acceptors (Lipinski definition) is 3. The molecule has 0 bridgehead atoms. The van der Waals surface area contributed by atoms with Crippen LogP contribution in [0, 0.1) is 6.92 Å². The predicted octanol–water partition coefficient (Wildman–Crippen LogP) is 4.06. The lowest BCUT2D eigenvalue weighted by molar-refractivity contribution is 0.304. The van der Waals surface area contributed by atoms with Gasteiger partial charge in [-0.15, -0.1) is 0 Å². The van der Waals surface area contributed by atoms with Crippen LogP contribution in [0.3, 0.4) is 0 Å². The Morgan fingerprint density at radius 2 is 1.95 bits per heavy atom. The molecular weight excluding hydrogens is 274 g/mol. The van der Waals surface area contributed by atoms with Gasteiger partial charge in [-0.2, -0.15) is 0 Å². The fourth-order valence-electron chi connectivity index (χ4n) is 1.93. The Kier molecular flexibility index (Phi) is 4.94. The molecule has 102 valence electrons. The highest BCUT2D eigenvalue weighted by Crippen LogP contribution is 2.30. The van der Waals surface area contributed by atoms with Crippen LogP contribution < -0.4 is 4.74 Å². The van der Waals surface area contributed by atoms with E-state index in [4.69, 9.17) is 16.3 Å². The number of halogens is 1. The molecule has 0 amide bonds. The van der Waals surface area contributed by atoms with Crippen molar-refractivity contribution in [1.82, 2.24) is 0 Å². The maximum absolute atomic E-state index is 10.1. The highest BCUT2D eigenvalue weighted by molar-refractivity contribution is 6.32. The minimum atomic E-state index is 0.281. The van der Waals surface area contributed by atoms with Crippen molar-refractivity contribution >= 4 is 17.7 Å². The molecule has 3 nitrogen and oxygen atoms in total. The van der Waals surface area contributed by atoms with Crippen LogP contribution in [0.15, 0.2) is 47.5 Å². The third kappa shape index (κ3) is 3.70. The molecule has 0 aliphatic heterocycles. The van der Waals surface area contributed by atoms with Crippen molar-refractivity contribution in [2.45, 2.75) is 20.1 Å². The quantitative estimate of drug-likeness (QED) is 0.614. The summed E-state index contributed by atoms with van der Waals surface area (Å²) < 4.78 is 5.77. The van der Waals surface area contributed by atoms with Crippen molar-refractivity contribution in [3.63, 3.8) is 0 Å². The highest BCUT2D eigenvalue weighted by Gasteiger charge is 2.08. The SMILES string of the molecule is Cc1cc(CN=C=O)cc(Cl)c1OCc1ccccc1. The van der Waals surface area contributed by atoms with E-state index in [0.717, 1.165) is 16.7 Å². The molecule has 20 heavy (non-hydrogen) atoms. The van der Waals surface area contributed by atoms with Gasteiger partial charge in [-0.05, 0) is 29.7 Å². The number of aryl methyl sites for hydroxylation is 1. The second-order valence-corrected chi connectivity index (χ2v) is 4.81. The monoisotopic (exact) mass is 287 g/mol. The van der Waals surface area contributed by atoms with Gasteiger partial charge >= 0.3 is 0 Å². The van der Waals surface area contributed by atoms with Gasteiger partial charge in [0.2, 0.25) is 6.08 Å². The molecular formula is C16H14ClNO2. The van der Waals surface area contributed by atoms with Crippen LogP contribution in [-0.4, -0.2) is 6.08 Å². The molecule has 0 N–H and O–H groups in total. The van der Waals surface area contributed by atoms with Crippen molar-refractivity contribution in [3.8, 4) is 5.75 Å². The lowest BCUT2D eigenvalue weighted by atomic mass is 10.1. The smallest absolute Gasteiger partial charge is 0.235 e. The summed E-state index contributed by atoms with van der Waals surface area (Å²) >= 11 is 6.21. The predicted molar refractivity (Wildman–Crippen MR) is 78.8 cm³/mol. The van der Waals surface area contributed by atoms with E-state index >= 15 is 0 Å². The largest absolute Gasteiger partial charge is 0.487 e. The molecule has 2 aromatic rings. The molecule has 0 atom stereocenters. The van der Waals surface area contributed by atoms with E-state index in [9.17, 15) is 4.79 Å². The first-order valence-electron chi connectivity index (χ1n) is 6.20. The summed E-state index contributed by atoms with van der Waals surface area (Å²) in [7, 11) is 0. The molecule has 0 aromatic heterocycles. The summed E-state index contributed by atoms with van der Waals surface area (Å²) in [6.07, 6.45) is 1.52. The van der Waals surface area contributed by atoms with Crippen molar-refractivity contribution < 1.29 is 9.53 Å². The molecule has 0 unspecified atom stereocenters. The van der Waals surface area contributed by atoms with Gasteiger partial charge in [0.15, 0.2) is 0 Å². The van der Waals surface area contributed by atoms with E-state index in [1.807, 2.05) is 43.3 Å². The van der Waals surface area contributed by atoms with Crippen LogP contribution in [0.2, 0.25) is 5.02 Å². The molecule has 0 aliphatic rings. The summed E-state index contributed by atoms with van der Waals surface area (Å²) in [4.78, 5) is 13.7. The molecule has 0 aliphatic carbocycles. The van der Waals surface area contributed by atoms with Gasteiger partial charge in [0.25, 0.3) is 0 Å². The number of rotatable bonds is 5. The van der Waals surface area contributed by atoms with Gasteiger partial charge in [0, 0.05) is 0 Å². The molecule has 0 spiro atoms. The zero-order chi connectivity index (χ0) is 14.4. The Labute approximate surface area is 122 Å². The minimum absolute atomic E-state index is 0.281. The zero-order valence-electron chi connectivity index (χ0n) is 11.1. The second-order valence-electron chi connectivity index (χ2n) is 4.41. The molecule has 0 saturated heterocycles. The van der Waals surface area contributed by atoms with Crippen molar-refractivity contribution in [2.75, 3.05) is 0 Å². The average Bonchev–Trinajstić information content (AvgIpc) is 2.45. The second kappa shape index (κ2) is 6.90. The minimum Gasteiger partial charge on any atom is -0.487 e. The lowest BCUT2D eigenvalue weighted by Gasteiger charge is -2.12. The Balaban J connectivity index is 2.14. The summed E-state index contributed by atoms with van der Waals surface area (Å²) in [6, 6.07) is 13.6. The molecule has 0 radical (unpaired) electrons. The van der Waals surface area contributed by atoms with Crippen LogP contribution in [0.4, 0.5) is 0 Å². The van der Waals surface area contributed by atoms with Crippen LogP contribution >= 0.6 is 11.6 Å². The van der Waals surface area contributed by atoms with Crippen molar-refractivity contribution in [2.24, 2.45) is 4.99 Å². The number of carbonyl (C=O) groups excluding carboxylic acids is 1. The first-order valence-corrected chi connectivity index (χ1v) is 6.58. The Hall–Kier alpha value is -2.09. The van der Waals surface area contributed by atoms with Crippen molar-refractivity contribution in [3.05, 3.63) is 64.2 Å². The van der Waals surface area contributed by atoms with Crippen LogP contribution in [0.1, 0.15) is 16.7 Å². The van der Waals surface area contributed by atoms with E-state index < -0.39 is 0 Å². The van der Waals surface area contributed by atoms with E-state index in [1.165, 1.54) is 6.08 Å². The lowest BCUT2D eigenvalue weighted by Crippen LogP contribution is -1.98.